The van der Waals surface area contributed by atoms with Gasteiger partial charge in [-0.2, -0.15) is 0 Å². The van der Waals surface area contributed by atoms with Gasteiger partial charge < -0.3 is 14.2 Å². The molecule has 0 saturated heterocycles. The molecular formula is C14H13O5P. The summed E-state index contributed by atoms with van der Waals surface area (Å²) in [7, 11) is -4.08. The summed E-state index contributed by atoms with van der Waals surface area (Å²) in [4.78, 5) is 21.2. The molecule has 6 heteroatoms. The van der Waals surface area contributed by atoms with Crippen LogP contribution >= 0.6 is 7.60 Å². The Balaban J connectivity index is 1.94. The van der Waals surface area contributed by atoms with Crippen LogP contribution in [0.2, 0.25) is 0 Å². The monoisotopic (exact) mass is 292 g/mol. The maximum Gasteiger partial charge on any atom is 0.387 e. The minimum Gasteiger partial charge on any atom is -0.426 e. The molecule has 0 radical (unpaired) electrons. The number of carbonyl (C=O) groups is 1. The van der Waals surface area contributed by atoms with E-state index in [2.05, 4.69) is 0 Å². The summed E-state index contributed by atoms with van der Waals surface area (Å²) in [5.41, 5.74) is 0. The number of rotatable bonds is 5. The van der Waals surface area contributed by atoms with Gasteiger partial charge in [0.05, 0.1) is 0 Å². The van der Waals surface area contributed by atoms with Gasteiger partial charge in [0.1, 0.15) is 11.5 Å². The first-order chi connectivity index (χ1) is 9.55. The number of esters is 1. The largest absolute Gasteiger partial charge is 0.426 e. The van der Waals surface area contributed by atoms with E-state index < -0.39 is 19.7 Å². The predicted octanol–water partition coefficient (Wildman–Crippen LogP) is 2.86. The van der Waals surface area contributed by atoms with E-state index in [0.717, 1.165) is 0 Å². The molecule has 0 spiro atoms. The molecule has 0 aliphatic carbocycles. The van der Waals surface area contributed by atoms with Crippen molar-refractivity contribution in [2.45, 2.75) is 0 Å². The van der Waals surface area contributed by atoms with E-state index in [1.54, 1.807) is 48.5 Å². The van der Waals surface area contributed by atoms with E-state index >= 15 is 0 Å². The summed E-state index contributed by atoms with van der Waals surface area (Å²) in [5.74, 6) is -0.277. The Labute approximate surface area is 116 Å². The number of hydrogen-bond acceptors (Lipinski definition) is 4. The zero-order valence-corrected chi connectivity index (χ0v) is 11.4. The molecule has 0 heterocycles. The van der Waals surface area contributed by atoms with Crippen molar-refractivity contribution in [1.29, 1.82) is 0 Å². The highest BCUT2D eigenvalue weighted by atomic mass is 31.2. The van der Waals surface area contributed by atoms with E-state index in [9.17, 15) is 14.3 Å². The molecular weight excluding hydrogens is 279 g/mol. The smallest absolute Gasteiger partial charge is 0.387 e. The fourth-order valence-corrected chi connectivity index (χ4v) is 2.40. The highest BCUT2D eigenvalue weighted by Crippen LogP contribution is 2.42. The van der Waals surface area contributed by atoms with Crippen molar-refractivity contribution >= 4 is 13.6 Å². The Bertz CT molecular complexity index is 612. The second-order valence-electron chi connectivity index (χ2n) is 3.99. The van der Waals surface area contributed by atoms with Crippen LogP contribution in [0.1, 0.15) is 0 Å². The molecule has 0 aliphatic rings. The van der Waals surface area contributed by atoms with Crippen molar-refractivity contribution in [2.24, 2.45) is 0 Å². The van der Waals surface area contributed by atoms with Crippen molar-refractivity contribution in [3.8, 4) is 11.5 Å². The highest BCUT2D eigenvalue weighted by Gasteiger charge is 2.27. The van der Waals surface area contributed by atoms with Crippen LogP contribution < -0.4 is 9.26 Å². The van der Waals surface area contributed by atoms with Crippen molar-refractivity contribution in [3.05, 3.63) is 60.7 Å². The number of hydrogen-bond donors (Lipinski definition) is 1. The Morgan fingerprint density at radius 2 is 1.45 bits per heavy atom. The highest BCUT2D eigenvalue weighted by molar-refractivity contribution is 7.54. The summed E-state index contributed by atoms with van der Waals surface area (Å²) in [5, 5.41) is 0. The summed E-state index contributed by atoms with van der Waals surface area (Å²) >= 11 is 0. The molecule has 1 unspecified atom stereocenters. The van der Waals surface area contributed by atoms with Gasteiger partial charge in [0, 0.05) is 0 Å². The first-order valence-corrected chi connectivity index (χ1v) is 7.64. The van der Waals surface area contributed by atoms with Crippen LogP contribution in [0.3, 0.4) is 0 Å². The second-order valence-corrected chi connectivity index (χ2v) is 5.76. The zero-order chi connectivity index (χ0) is 14.4. The molecule has 20 heavy (non-hydrogen) atoms. The average molecular weight is 292 g/mol. The summed E-state index contributed by atoms with van der Waals surface area (Å²) in [6.07, 6.45) is -0.712. The van der Waals surface area contributed by atoms with Gasteiger partial charge >= 0.3 is 13.6 Å². The minimum atomic E-state index is -4.08. The van der Waals surface area contributed by atoms with Gasteiger partial charge in [-0.3, -0.25) is 4.79 Å². The lowest BCUT2D eigenvalue weighted by atomic mass is 10.3. The Hall–Kier alpha value is -2.10. The lowest BCUT2D eigenvalue weighted by Crippen LogP contribution is -2.15. The summed E-state index contributed by atoms with van der Waals surface area (Å²) in [6.45, 7) is 0. The lowest BCUT2D eigenvalue weighted by molar-refractivity contribution is -0.131. The van der Waals surface area contributed by atoms with E-state index in [4.69, 9.17) is 9.26 Å². The molecule has 0 aliphatic heterocycles. The molecule has 2 aromatic rings. The standard InChI is InChI=1S/C14H13O5P/c15-14(18-12-7-3-1-4-8-12)11-20(16,17)19-13-9-5-2-6-10-13/h1-10H,11H2,(H,16,17). The van der Waals surface area contributed by atoms with E-state index in [-0.39, 0.29) is 5.75 Å². The number of carbonyl (C=O) groups excluding carboxylic acids is 1. The Morgan fingerprint density at radius 3 is 2.00 bits per heavy atom. The van der Waals surface area contributed by atoms with Gasteiger partial charge in [-0.15, -0.1) is 0 Å². The van der Waals surface area contributed by atoms with Crippen LogP contribution in [-0.4, -0.2) is 17.0 Å². The predicted molar refractivity (Wildman–Crippen MR) is 73.8 cm³/mol. The molecule has 0 bridgehead atoms. The molecule has 104 valence electrons. The first kappa shape index (κ1) is 14.3. The number of benzene rings is 2. The van der Waals surface area contributed by atoms with Crippen LogP contribution in [-0.2, 0) is 9.36 Å². The minimum absolute atomic E-state index is 0.228. The van der Waals surface area contributed by atoms with E-state index in [0.29, 0.717) is 5.75 Å². The van der Waals surface area contributed by atoms with Crippen molar-refractivity contribution in [1.82, 2.24) is 0 Å². The fraction of sp³-hybridized carbons (Fsp3) is 0.0714. The second kappa shape index (κ2) is 6.37. The molecule has 2 aromatic carbocycles. The van der Waals surface area contributed by atoms with Crippen LogP contribution in [0.5, 0.6) is 11.5 Å². The molecule has 2 rings (SSSR count). The quantitative estimate of drug-likeness (QED) is 0.521. The molecule has 0 fully saturated rings. The van der Waals surface area contributed by atoms with Crippen LogP contribution in [0.25, 0.3) is 0 Å². The average Bonchev–Trinajstić information content (AvgIpc) is 2.39. The van der Waals surface area contributed by atoms with Crippen LogP contribution in [0.15, 0.2) is 60.7 Å². The third-order valence-corrected chi connectivity index (χ3v) is 3.45. The van der Waals surface area contributed by atoms with Gasteiger partial charge in [0.2, 0.25) is 0 Å². The number of para-hydroxylation sites is 2. The molecule has 0 aromatic heterocycles. The van der Waals surface area contributed by atoms with Crippen LogP contribution in [0, 0.1) is 0 Å². The molecule has 1 N–H and O–H groups in total. The van der Waals surface area contributed by atoms with Gasteiger partial charge in [-0.25, -0.2) is 4.57 Å². The van der Waals surface area contributed by atoms with E-state index in [1.807, 2.05) is 0 Å². The molecule has 0 amide bonds. The topological polar surface area (TPSA) is 72.8 Å². The van der Waals surface area contributed by atoms with Crippen molar-refractivity contribution in [3.63, 3.8) is 0 Å². The summed E-state index contributed by atoms with van der Waals surface area (Å²) in [6, 6.07) is 16.5. The SMILES string of the molecule is O=C(CP(=O)(O)Oc1ccccc1)Oc1ccccc1. The van der Waals surface area contributed by atoms with Crippen molar-refractivity contribution < 1.29 is 23.5 Å². The molecule has 5 nitrogen and oxygen atoms in total. The maximum absolute atomic E-state index is 11.8. The Morgan fingerprint density at radius 1 is 0.950 bits per heavy atom. The first-order valence-electron chi connectivity index (χ1n) is 5.87. The van der Waals surface area contributed by atoms with Gasteiger partial charge in [-0.05, 0) is 24.3 Å². The number of ether oxygens (including phenoxy) is 1. The molecule has 0 saturated carbocycles. The Kier molecular flexibility index (Phi) is 4.56. The molecule has 1 atom stereocenters. The third kappa shape index (κ3) is 4.53. The van der Waals surface area contributed by atoms with Crippen LogP contribution in [0.4, 0.5) is 0 Å². The third-order valence-electron chi connectivity index (χ3n) is 2.30. The van der Waals surface area contributed by atoms with E-state index in [1.165, 1.54) is 12.1 Å². The summed E-state index contributed by atoms with van der Waals surface area (Å²) < 4.78 is 21.7. The maximum atomic E-state index is 11.8. The van der Waals surface area contributed by atoms with Gasteiger partial charge in [0.25, 0.3) is 0 Å². The van der Waals surface area contributed by atoms with Gasteiger partial charge in [-0.1, -0.05) is 36.4 Å². The zero-order valence-electron chi connectivity index (χ0n) is 10.5. The fourth-order valence-electron chi connectivity index (χ4n) is 1.49. The normalized spacial score (nSPS) is 13.2. The van der Waals surface area contributed by atoms with Gasteiger partial charge in [0.15, 0.2) is 6.16 Å². The van der Waals surface area contributed by atoms with Crippen molar-refractivity contribution in [2.75, 3.05) is 6.16 Å². The lowest BCUT2D eigenvalue weighted by Gasteiger charge is -2.12.